The summed E-state index contributed by atoms with van der Waals surface area (Å²) in [5.41, 5.74) is -1.21. The van der Waals surface area contributed by atoms with Gasteiger partial charge >= 0.3 is 14.0 Å². The Balaban J connectivity index is 1.20. The summed E-state index contributed by atoms with van der Waals surface area (Å²) in [5, 5.41) is 36.1. The van der Waals surface area contributed by atoms with Crippen LogP contribution in [0.25, 0.3) is 5.52 Å². The number of hydrogen-bond acceptors (Lipinski definition) is 11. The lowest BCUT2D eigenvalue weighted by atomic mass is 9.92. The van der Waals surface area contributed by atoms with Gasteiger partial charge in [0.05, 0.1) is 48.9 Å². The number of aromatic nitrogens is 3. The topological polar surface area (TPSA) is 178 Å². The molecule has 0 spiro atoms. The molecule has 0 amide bonds. The number of ether oxygens (including phenoxy) is 3. The van der Waals surface area contributed by atoms with Gasteiger partial charge in [0.1, 0.15) is 36.8 Å². The van der Waals surface area contributed by atoms with Gasteiger partial charge in [-0.3, -0.25) is 9.05 Å². The number of nitriles is 1. The molecular weight excluding hydrogens is 792 g/mol. The molecule has 17 heteroatoms. The fourth-order valence-corrected chi connectivity index (χ4v) is 7.92. The van der Waals surface area contributed by atoms with Crippen molar-refractivity contribution in [3.05, 3.63) is 65.2 Å². The number of alkyl halides is 3. The van der Waals surface area contributed by atoms with Crippen molar-refractivity contribution < 1.29 is 56.1 Å². The average Bonchev–Trinajstić information content (AvgIpc) is 3.76. The number of hydrogen-bond donors (Lipinski definition) is 3. The van der Waals surface area contributed by atoms with Crippen molar-refractivity contribution in [2.75, 3.05) is 26.4 Å². The first-order chi connectivity index (χ1) is 28.3. The Morgan fingerprint density at radius 1 is 0.898 bits per heavy atom. The lowest BCUT2D eigenvalue weighted by Gasteiger charge is -2.24. The number of aliphatic hydroxyl groups is 2. The molecule has 0 saturated carbocycles. The average molecular weight is 855 g/mol. The van der Waals surface area contributed by atoms with E-state index in [9.17, 15) is 38.1 Å². The Kier molecular flexibility index (Phi) is 20.2. The maximum atomic E-state index is 13.1. The number of phosphoric ester groups is 1. The van der Waals surface area contributed by atoms with Gasteiger partial charge in [0.15, 0.2) is 0 Å². The minimum atomic E-state index is -4.84. The predicted molar refractivity (Wildman–Crippen MR) is 214 cm³/mol. The van der Waals surface area contributed by atoms with Gasteiger partial charge in [-0.05, 0) is 43.2 Å². The molecule has 0 radical (unpaired) electrons. The number of benzene rings is 1. The molecule has 3 aromatic rings. The highest BCUT2D eigenvalue weighted by atomic mass is 31.2. The third-order valence-corrected chi connectivity index (χ3v) is 11.6. The number of fused-ring (bicyclic) bond motifs is 1. The van der Waals surface area contributed by atoms with E-state index >= 15 is 0 Å². The summed E-state index contributed by atoms with van der Waals surface area (Å²) in [5.74, 6) is 0. The van der Waals surface area contributed by atoms with E-state index in [1.54, 1.807) is 13.0 Å². The number of nitrogens with zero attached hydrogens (tertiary/aromatic N) is 4. The fourth-order valence-electron chi connectivity index (χ4n) is 7.15. The Morgan fingerprint density at radius 3 is 2.07 bits per heavy atom. The molecule has 1 aromatic carbocycles. The van der Waals surface area contributed by atoms with Crippen molar-refractivity contribution in [2.24, 2.45) is 0 Å². The zero-order valence-electron chi connectivity index (χ0n) is 34.4. The number of aliphatic hydroxyl groups excluding tert-OH is 2. The molecular formula is C42H62F3N4O9P. The molecule has 330 valence electrons. The van der Waals surface area contributed by atoms with Crippen LogP contribution in [0, 0.1) is 18.3 Å². The Hall–Kier alpha value is -2.97. The molecule has 6 atom stereocenters. The van der Waals surface area contributed by atoms with Gasteiger partial charge in [-0.1, -0.05) is 115 Å². The first-order valence-corrected chi connectivity index (χ1v) is 22.5. The molecule has 0 bridgehead atoms. The van der Waals surface area contributed by atoms with Crippen LogP contribution in [-0.2, 0) is 46.2 Å². The van der Waals surface area contributed by atoms with E-state index in [0.717, 1.165) is 37.8 Å². The van der Waals surface area contributed by atoms with Crippen molar-refractivity contribution >= 4 is 13.3 Å². The molecule has 1 fully saturated rings. The molecule has 59 heavy (non-hydrogen) atoms. The lowest BCUT2D eigenvalue weighted by molar-refractivity contribution is -0.137. The lowest BCUT2D eigenvalue weighted by Crippen LogP contribution is -2.41. The third-order valence-electron chi connectivity index (χ3n) is 10.7. The number of phosphoric acid groups is 1. The Morgan fingerprint density at radius 2 is 1.49 bits per heavy atom. The molecule has 1 saturated heterocycles. The molecule has 2 aromatic heterocycles. The van der Waals surface area contributed by atoms with E-state index in [2.05, 4.69) is 17.0 Å². The van der Waals surface area contributed by atoms with Crippen LogP contribution in [0.1, 0.15) is 132 Å². The highest BCUT2D eigenvalue weighted by molar-refractivity contribution is 7.47. The second-order valence-electron chi connectivity index (χ2n) is 15.4. The summed E-state index contributed by atoms with van der Waals surface area (Å²) in [6, 6.07) is 9.51. The van der Waals surface area contributed by atoms with E-state index in [1.165, 1.54) is 106 Å². The normalized spacial score (nSPS) is 21.2. The van der Waals surface area contributed by atoms with Gasteiger partial charge in [0.25, 0.3) is 0 Å². The van der Waals surface area contributed by atoms with Crippen LogP contribution < -0.4 is 0 Å². The van der Waals surface area contributed by atoms with Crippen molar-refractivity contribution in [1.29, 1.82) is 5.26 Å². The van der Waals surface area contributed by atoms with Crippen LogP contribution in [0.4, 0.5) is 13.2 Å². The first-order valence-electron chi connectivity index (χ1n) is 21.0. The minimum absolute atomic E-state index is 0.0327. The van der Waals surface area contributed by atoms with Crippen LogP contribution >= 0.6 is 7.82 Å². The van der Waals surface area contributed by atoms with Crippen molar-refractivity contribution in [3.63, 3.8) is 0 Å². The minimum Gasteiger partial charge on any atom is -0.387 e. The SMILES string of the molecule is CCCCCCCCCCCCCCCCCCOC[C@H](COP(=O)(O)OC[C@H]1O[C@@](C#N)(c2ccc3c(C)ncnn23)[C@H](O)[C@@H]1O)OCc1ccc(C(F)(F)F)cc1. The van der Waals surface area contributed by atoms with Crippen molar-refractivity contribution in [2.45, 2.75) is 159 Å². The van der Waals surface area contributed by atoms with E-state index in [4.69, 9.17) is 23.3 Å². The van der Waals surface area contributed by atoms with Gasteiger partial charge < -0.3 is 29.3 Å². The van der Waals surface area contributed by atoms with Crippen molar-refractivity contribution in [1.82, 2.24) is 14.6 Å². The molecule has 1 aliphatic rings. The zero-order valence-corrected chi connectivity index (χ0v) is 35.3. The second kappa shape index (κ2) is 24.5. The van der Waals surface area contributed by atoms with E-state index in [-0.39, 0.29) is 18.9 Å². The summed E-state index contributed by atoms with van der Waals surface area (Å²) in [7, 11) is -4.84. The van der Waals surface area contributed by atoms with Crippen LogP contribution in [0.5, 0.6) is 0 Å². The number of rotatable bonds is 29. The molecule has 4 rings (SSSR count). The summed E-state index contributed by atoms with van der Waals surface area (Å²) in [4.78, 5) is 14.7. The largest absolute Gasteiger partial charge is 0.472 e. The third kappa shape index (κ3) is 15.2. The monoisotopic (exact) mass is 854 g/mol. The molecule has 3 N–H and O–H groups in total. The molecule has 13 nitrogen and oxygen atoms in total. The molecule has 1 unspecified atom stereocenters. The molecule has 3 heterocycles. The van der Waals surface area contributed by atoms with Gasteiger partial charge in [-0.15, -0.1) is 0 Å². The zero-order chi connectivity index (χ0) is 42.7. The van der Waals surface area contributed by atoms with Gasteiger partial charge in [-0.2, -0.15) is 23.5 Å². The van der Waals surface area contributed by atoms with Gasteiger partial charge in [0, 0.05) is 6.61 Å². The standard InChI is InChI=1S/C42H62F3N4O9P/c1-3-4-5-6-7-8-9-10-11-12-13-14-15-16-17-18-25-54-27-35(55-26-33-19-21-34(22-20-33)42(43,44)45)28-56-59(52,53)57-29-37-39(50)40(51)41(30-46,58-37)38-24-23-36-32(2)47-31-48-49(36)38/h19-24,31,35,37,39-40,50-51H,3-18,25-29H2,1-2H3,(H,52,53)/t35-,37-,39-,40-,41+/m1/s1. The Bertz CT molecular complexity index is 1760. The molecule has 1 aliphatic heterocycles. The highest BCUT2D eigenvalue weighted by Crippen LogP contribution is 2.46. The summed E-state index contributed by atoms with van der Waals surface area (Å²) >= 11 is 0. The van der Waals surface area contributed by atoms with Gasteiger partial charge in [-0.25, -0.2) is 14.1 Å². The summed E-state index contributed by atoms with van der Waals surface area (Å²) in [6.07, 6.45) is 10.8. The van der Waals surface area contributed by atoms with Crippen LogP contribution in [0.3, 0.4) is 0 Å². The quantitative estimate of drug-likeness (QED) is 0.0447. The van der Waals surface area contributed by atoms with E-state index in [1.807, 2.05) is 6.07 Å². The second-order valence-corrected chi connectivity index (χ2v) is 16.8. The number of aryl methyl sites for hydroxylation is 1. The highest BCUT2D eigenvalue weighted by Gasteiger charge is 2.58. The maximum Gasteiger partial charge on any atom is 0.472 e. The summed E-state index contributed by atoms with van der Waals surface area (Å²) < 4.78 is 81.4. The fraction of sp³-hybridized carbons (Fsp3) is 0.690. The van der Waals surface area contributed by atoms with E-state index in [0.29, 0.717) is 23.4 Å². The van der Waals surface area contributed by atoms with Gasteiger partial charge in [0.2, 0.25) is 5.60 Å². The van der Waals surface area contributed by atoms with Crippen LogP contribution in [0.15, 0.2) is 42.7 Å². The Labute approximate surface area is 345 Å². The molecule has 0 aliphatic carbocycles. The first kappa shape index (κ1) is 48.7. The van der Waals surface area contributed by atoms with Crippen molar-refractivity contribution in [3.8, 4) is 6.07 Å². The van der Waals surface area contributed by atoms with E-state index < -0.39 is 62.8 Å². The van der Waals surface area contributed by atoms with Crippen LogP contribution in [0.2, 0.25) is 0 Å². The van der Waals surface area contributed by atoms with Crippen LogP contribution in [-0.4, -0.2) is 80.5 Å². The number of halogens is 3. The maximum absolute atomic E-state index is 13.1. The smallest absolute Gasteiger partial charge is 0.387 e. The summed E-state index contributed by atoms with van der Waals surface area (Å²) in [6.45, 7) is 3.01. The predicted octanol–water partition coefficient (Wildman–Crippen LogP) is 8.89. The number of unbranched alkanes of at least 4 members (excludes halogenated alkanes) is 15.